The zero-order chi connectivity index (χ0) is 26.4. The number of hydrogen-bond donors (Lipinski definition) is 1. The third kappa shape index (κ3) is 6.16. The van der Waals surface area contributed by atoms with Gasteiger partial charge in [0.05, 0.1) is 11.4 Å². The van der Waals surface area contributed by atoms with Crippen LogP contribution >= 0.6 is 34.7 Å². The Balaban J connectivity index is 1.70. The van der Waals surface area contributed by atoms with E-state index >= 15 is 0 Å². The molecule has 1 N–H and O–H groups in total. The Kier molecular flexibility index (Phi) is 8.88. The molecule has 0 spiro atoms. The summed E-state index contributed by atoms with van der Waals surface area (Å²) in [4.78, 5) is 22.9. The number of ether oxygens (including phenoxy) is 1. The summed E-state index contributed by atoms with van der Waals surface area (Å²) in [5.74, 6) is -0.755. The average Bonchev–Trinajstić information content (AvgIpc) is 3.39. The van der Waals surface area contributed by atoms with E-state index in [0.29, 0.717) is 40.1 Å². The summed E-state index contributed by atoms with van der Waals surface area (Å²) in [7, 11) is 0. The number of nitrogens with zero attached hydrogens (tertiary/aromatic N) is 5. The molecule has 1 aliphatic heterocycles. The highest BCUT2D eigenvalue weighted by Crippen LogP contribution is 2.39. The van der Waals surface area contributed by atoms with Crippen molar-refractivity contribution in [3.8, 4) is 28.6 Å². The zero-order valence-corrected chi connectivity index (χ0v) is 22.5. The maximum Gasteiger partial charge on any atom is 0.344 e. The van der Waals surface area contributed by atoms with Crippen LogP contribution in [0.5, 0.6) is 5.88 Å². The largest absolute Gasteiger partial charge is 0.479 e. The number of aromatic nitrogens is 2. The van der Waals surface area contributed by atoms with Crippen LogP contribution in [0.15, 0.2) is 34.7 Å². The van der Waals surface area contributed by atoms with E-state index in [1.807, 2.05) is 34.5 Å². The SMILES string of the molecule is CCC(Oc1nc(SCc2csc(-c3ccc(Cl)cc3)n2)c(C#N)c(N2CCCCC2)c1C#N)C(=O)O. The van der Waals surface area contributed by atoms with Gasteiger partial charge < -0.3 is 14.7 Å². The molecule has 37 heavy (non-hydrogen) atoms. The first-order chi connectivity index (χ1) is 17.9. The summed E-state index contributed by atoms with van der Waals surface area (Å²) in [6, 6.07) is 11.8. The van der Waals surface area contributed by atoms with E-state index in [9.17, 15) is 20.4 Å². The number of rotatable bonds is 9. The summed E-state index contributed by atoms with van der Waals surface area (Å²) in [5, 5.41) is 33.5. The van der Waals surface area contributed by atoms with Gasteiger partial charge >= 0.3 is 5.97 Å². The second-order valence-corrected chi connectivity index (χ2v) is 10.6. The highest BCUT2D eigenvalue weighted by Gasteiger charge is 2.29. The maximum atomic E-state index is 11.7. The zero-order valence-electron chi connectivity index (χ0n) is 20.1. The topological polar surface area (TPSA) is 123 Å². The van der Waals surface area contributed by atoms with Gasteiger partial charge in [0.15, 0.2) is 6.10 Å². The van der Waals surface area contributed by atoms with Crippen molar-refractivity contribution in [3.05, 3.63) is 51.5 Å². The van der Waals surface area contributed by atoms with Gasteiger partial charge in [-0.1, -0.05) is 42.4 Å². The number of pyridine rings is 1. The number of aliphatic carboxylic acids is 1. The third-order valence-corrected chi connectivity index (χ3v) is 8.10. The molecule has 1 aromatic carbocycles. The highest BCUT2D eigenvalue weighted by molar-refractivity contribution is 7.98. The van der Waals surface area contributed by atoms with Crippen molar-refractivity contribution in [2.45, 2.75) is 49.5 Å². The van der Waals surface area contributed by atoms with Gasteiger partial charge in [-0.15, -0.1) is 11.3 Å². The van der Waals surface area contributed by atoms with Crippen molar-refractivity contribution in [2.75, 3.05) is 18.0 Å². The Hall–Kier alpha value is -3.31. The standard InChI is InChI=1S/C26H24ClN5O3S2/c1-2-21(26(33)34)35-23-19(12-28)22(32-10-4-3-5-11-32)20(13-29)25(31-23)37-15-18-14-36-24(30-18)16-6-8-17(27)9-7-16/h6-9,14,21H,2-5,10-11,15H2,1H3,(H,33,34). The predicted octanol–water partition coefficient (Wildman–Crippen LogP) is 6.13. The van der Waals surface area contributed by atoms with E-state index in [-0.39, 0.29) is 17.9 Å². The minimum Gasteiger partial charge on any atom is -0.479 e. The first-order valence-corrected chi connectivity index (χ1v) is 14.0. The van der Waals surface area contributed by atoms with Gasteiger partial charge in [-0.2, -0.15) is 10.5 Å². The molecule has 1 aliphatic rings. The molecule has 8 nitrogen and oxygen atoms in total. The molecule has 1 atom stereocenters. The van der Waals surface area contributed by atoms with Gasteiger partial charge in [-0.3, -0.25) is 0 Å². The van der Waals surface area contributed by atoms with Gasteiger partial charge in [0, 0.05) is 34.8 Å². The summed E-state index contributed by atoms with van der Waals surface area (Å²) >= 11 is 8.82. The molecule has 1 saturated heterocycles. The van der Waals surface area contributed by atoms with Gasteiger partial charge in [-0.05, 0) is 37.8 Å². The Bertz CT molecular complexity index is 1360. The molecule has 11 heteroatoms. The molecule has 3 aromatic rings. The number of carboxylic acids is 1. The predicted molar refractivity (Wildman–Crippen MR) is 144 cm³/mol. The van der Waals surface area contributed by atoms with E-state index in [1.165, 1.54) is 23.1 Å². The molecule has 1 unspecified atom stereocenters. The average molecular weight is 554 g/mol. The molecule has 1 fully saturated rings. The third-order valence-electron chi connectivity index (χ3n) is 5.90. The number of nitriles is 2. The number of carboxylic acid groups (broad SMARTS) is 1. The molecule has 0 radical (unpaired) electrons. The number of halogens is 1. The minimum absolute atomic E-state index is 0.0565. The van der Waals surface area contributed by atoms with E-state index in [0.717, 1.165) is 35.5 Å². The van der Waals surface area contributed by atoms with Crippen molar-refractivity contribution in [2.24, 2.45) is 0 Å². The molecule has 2 aromatic heterocycles. The first-order valence-electron chi connectivity index (χ1n) is 11.8. The number of piperidine rings is 1. The van der Waals surface area contributed by atoms with Crippen LogP contribution in [0.25, 0.3) is 10.6 Å². The molecule has 0 amide bonds. The van der Waals surface area contributed by atoms with E-state index in [4.69, 9.17) is 21.3 Å². The van der Waals surface area contributed by atoms with Crippen LogP contribution < -0.4 is 9.64 Å². The normalized spacial score (nSPS) is 14.0. The van der Waals surface area contributed by atoms with E-state index in [2.05, 4.69) is 17.1 Å². The second kappa shape index (κ2) is 12.3. The van der Waals surface area contributed by atoms with Crippen LogP contribution in [-0.2, 0) is 10.5 Å². The van der Waals surface area contributed by atoms with Crippen LogP contribution in [0, 0.1) is 22.7 Å². The summed E-state index contributed by atoms with van der Waals surface area (Å²) in [6.45, 7) is 3.09. The second-order valence-electron chi connectivity index (χ2n) is 8.38. The lowest BCUT2D eigenvalue weighted by molar-refractivity contribution is -0.145. The van der Waals surface area contributed by atoms with Crippen molar-refractivity contribution >= 4 is 46.4 Å². The molecule has 0 saturated carbocycles. The molecule has 4 rings (SSSR count). The van der Waals surface area contributed by atoms with Crippen molar-refractivity contribution in [1.82, 2.24) is 9.97 Å². The van der Waals surface area contributed by atoms with Gasteiger partial charge in [0.2, 0.25) is 5.88 Å². The molecule has 190 valence electrons. The van der Waals surface area contributed by atoms with Crippen molar-refractivity contribution in [1.29, 1.82) is 10.5 Å². The van der Waals surface area contributed by atoms with Crippen LogP contribution in [0.1, 0.15) is 49.4 Å². The van der Waals surface area contributed by atoms with Gasteiger partial charge in [0.25, 0.3) is 0 Å². The van der Waals surface area contributed by atoms with E-state index in [1.54, 1.807) is 6.92 Å². The first kappa shape index (κ1) is 26.7. The smallest absolute Gasteiger partial charge is 0.344 e. The van der Waals surface area contributed by atoms with Gasteiger partial charge in [-0.25, -0.2) is 14.8 Å². The van der Waals surface area contributed by atoms with Crippen LogP contribution in [0.4, 0.5) is 5.69 Å². The number of anilines is 1. The monoisotopic (exact) mass is 553 g/mol. The number of carbonyl (C=O) groups is 1. The molecular weight excluding hydrogens is 530 g/mol. The van der Waals surface area contributed by atoms with Crippen LogP contribution in [-0.4, -0.2) is 40.2 Å². The molecule has 0 aliphatic carbocycles. The lowest BCUT2D eigenvalue weighted by Gasteiger charge is -2.31. The van der Waals surface area contributed by atoms with Crippen LogP contribution in [0.2, 0.25) is 5.02 Å². The van der Waals surface area contributed by atoms with E-state index < -0.39 is 12.1 Å². The maximum absolute atomic E-state index is 11.7. The summed E-state index contributed by atoms with van der Waals surface area (Å²) in [5.41, 5.74) is 2.64. The minimum atomic E-state index is -1.15. The highest BCUT2D eigenvalue weighted by atomic mass is 35.5. The fourth-order valence-electron chi connectivity index (χ4n) is 4.04. The van der Waals surface area contributed by atoms with Crippen LogP contribution in [0.3, 0.4) is 0 Å². The Morgan fingerprint density at radius 3 is 2.51 bits per heavy atom. The lowest BCUT2D eigenvalue weighted by Crippen LogP contribution is -2.32. The van der Waals surface area contributed by atoms with Gasteiger partial charge in [0.1, 0.15) is 33.3 Å². The Morgan fingerprint density at radius 2 is 1.89 bits per heavy atom. The number of hydrogen-bond acceptors (Lipinski definition) is 9. The fourth-order valence-corrected chi connectivity index (χ4v) is 5.96. The number of benzene rings is 1. The number of thioether (sulfide) groups is 1. The number of thiazole rings is 1. The lowest BCUT2D eigenvalue weighted by atomic mass is 10.1. The quantitative estimate of drug-likeness (QED) is 0.312. The van der Waals surface area contributed by atoms with Crippen molar-refractivity contribution < 1.29 is 14.6 Å². The molecule has 0 bridgehead atoms. The molecule has 3 heterocycles. The molecular formula is C26H24ClN5O3S2. The Labute approximate surface area is 228 Å². The fraction of sp³-hybridized carbons (Fsp3) is 0.346. The van der Waals surface area contributed by atoms with Crippen molar-refractivity contribution in [3.63, 3.8) is 0 Å². The Morgan fingerprint density at radius 1 is 1.19 bits per heavy atom. The summed E-state index contributed by atoms with van der Waals surface area (Å²) < 4.78 is 5.74. The summed E-state index contributed by atoms with van der Waals surface area (Å²) in [6.07, 6.45) is 2.01.